The van der Waals surface area contributed by atoms with Crippen LogP contribution < -0.4 is 4.74 Å². The molecule has 0 aliphatic rings. The van der Waals surface area contributed by atoms with Gasteiger partial charge < -0.3 is 9.84 Å². The Morgan fingerprint density at radius 2 is 1.92 bits per heavy atom. The van der Waals surface area contributed by atoms with Gasteiger partial charge in [0.2, 0.25) is 5.82 Å². The smallest absolute Gasteiger partial charge is 0.204 e. The number of hydrogen-bond acceptors (Lipinski definition) is 5. The second-order valence-electron chi connectivity index (χ2n) is 5.21. The number of ether oxygens (including phenoxy) is 1. The lowest BCUT2D eigenvalue weighted by atomic mass is 10.2. The van der Waals surface area contributed by atoms with E-state index in [9.17, 15) is 5.11 Å². The first-order valence-electron chi connectivity index (χ1n) is 7.31. The predicted octanol–water partition coefficient (Wildman–Crippen LogP) is 3.85. The van der Waals surface area contributed by atoms with Crippen molar-refractivity contribution >= 4 is 39.1 Å². The number of rotatable bonds is 6. The molecule has 130 valence electrons. The van der Waals surface area contributed by atoms with Gasteiger partial charge in [-0.15, -0.1) is 10.2 Å². The molecule has 1 atom stereocenters. The number of halogens is 3. The van der Waals surface area contributed by atoms with Gasteiger partial charge in [-0.05, 0) is 41.6 Å². The molecule has 1 N–H and O–H groups in total. The lowest BCUT2D eigenvalue weighted by molar-refractivity contribution is 0.0850. The molecule has 6 nitrogen and oxygen atoms in total. The van der Waals surface area contributed by atoms with E-state index in [1.165, 1.54) is 4.80 Å². The molecule has 3 rings (SSSR count). The molecule has 0 fully saturated rings. The molecular weight excluding hydrogens is 431 g/mol. The van der Waals surface area contributed by atoms with Crippen molar-refractivity contribution in [3.05, 3.63) is 57.0 Å². The van der Waals surface area contributed by atoms with Crippen molar-refractivity contribution in [3.8, 4) is 17.1 Å². The normalized spacial score (nSPS) is 12.2. The van der Waals surface area contributed by atoms with Crippen molar-refractivity contribution in [3.63, 3.8) is 0 Å². The van der Waals surface area contributed by atoms with Crippen molar-refractivity contribution in [2.75, 3.05) is 6.61 Å². The van der Waals surface area contributed by atoms with Gasteiger partial charge in [-0.3, -0.25) is 0 Å². The second-order valence-corrected chi connectivity index (χ2v) is 6.97. The van der Waals surface area contributed by atoms with Crippen molar-refractivity contribution in [1.29, 1.82) is 0 Å². The van der Waals surface area contributed by atoms with E-state index in [4.69, 9.17) is 27.9 Å². The van der Waals surface area contributed by atoms with Crippen LogP contribution in [0.3, 0.4) is 0 Å². The van der Waals surface area contributed by atoms with Gasteiger partial charge in [-0.2, -0.15) is 4.80 Å². The molecule has 0 radical (unpaired) electrons. The minimum Gasteiger partial charge on any atom is -0.489 e. The van der Waals surface area contributed by atoms with Crippen LogP contribution in [-0.4, -0.2) is 38.0 Å². The number of nitrogens with zero attached hydrogens (tertiary/aromatic N) is 4. The van der Waals surface area contributed by atoms with Crippen LogP contribution in [0.4, 0.5) is 0 Å². The maximum absolute atomic E-state index is 10.1. The molecule has 3 aromatic rings. The van der Waals surface area contributed by atoms with Crippen molar-refractivity contribution in [2.45, 2.75) is 12.6 Å². The van der Waals surface area contributed by atoms with Crippen LogP contribution >= 0.6 is 39.1 Å². The zero-order valence-corrected chi connectivity index (χ0v) is 15.9. The first-order valence-corrected chi connectivity index (χ1v) is 8.86. The summed E-state index contributed by atoms with van der Waals surface area (Å²) in [6.45, 7) is 0.164. The molecule has 0 bridgehead atoms. The van der Waals surface area contributed by atoms with Crippen LogP contribution in [0.15, 0.2) is 46.9 Å². The highest BCUT2D eigenvalue weighted by atomic mass is 79.9. The van der Waals surface area contributed by atoms with E-state index < -0.39 is 6.10 Å². The average Bonchev–Trinajstić information content (AvgIpc) is 3.05. The fraction of sp³-hybridized carbons (Fsp3) is 0.188. The van der Waals surface area contributed by atoms with Crippen LogP contribution in [-0.2, 0) is 6.54 Å². The molecular formula is C16H13BrCl2N4O2. The number of benzene rings is 2. The average molecular weight is 444 g/mol. The molecule has 2 aromatic carbocycles. The predicted molar refractivity (Wildman–Crippen MR) is 98.9 cm³/mol. The highest BCUT2D eigenvalue weighted by Gasteiger charge is 2.12. The van der Waals surface area contributed by atoms with Crippen molar-refractivity contribution in [1.82, 2.24) is 20.2 Å². The minimum atomic E-state index is -0.831. The summed E-state index contributed by atoms with van der Waals surface area (Å²) in [7, 11) is 0. The van der Waals surface area contributed by atoms with E-state index in [2.05, 4.69) is 31.3 Å². The standard InChI is InChI=1S/C16H13BrCl2N4O2/c17-11-3-1-10(2-4-11)16-20-22-23(21-16)8-13(24)9-25-15-7-12(18)5-6-14(15)19/h1-7,13,24H,8-9H2. The number of aliphatic hydroxyl groups is 1. The molecule has 0 saturated carbocycles. The maximum atomic E-state index is 10.1. The third-order valence-electron chi connectivity index (χ3n) is 3.25. The molecule has 1 heterocycles. The molecule has 0 saturated heterocycles. The SMILES string of the molecule is OC(COc1cc(Cl)ccc1Cl)Cn1nnc(-c2ccc(Br)cc2)n1. The largest absolute Gasteiger partial charge is 0.489 e. The Hall–Kier alpha value is -1.67. The summed E-state index contributed by atoms with van der Waals surface area (Å²) in [4.78, 5) is 1.32. The van der Waals surface area contributed by atoms with E-state index in [0.717, 1.165) is 10.0 Å². The number of hydrogen-bond donors (Lipinski definition) is 1. The molecule has 9 heteroatoms. The van der Waals surface area contributed by atoms with Gasteiger partial charge >= 0.3 is 0 Å². The van der Waals surface area contributed by atoms with Crippen LogP contribution in [0.5, 0.6) is 5.75 Å². The molecule has 1 unspecified atom stereocenters. The van der Waals surface area contributed by atoms with Gasteiger partial charge in [-0.1, -0.05) is 39.1 Å². The summed E-state index contributed by atoms with van der Waals surface area (Å²) >= 11 is 15.3. The van der Waals surface area contributed by atoms with E-state index in [0.29, 0.717) is 21.6 Å². The summed E-state index contributed by atoms with van der Waals surface area (Å²) in [6, 6.07) is 12.4. The summed E-state index contributed by atoms with van der Waals surface area (Å²) in [5, 5.41) is 23.2. The molecule has 0 amide bonds. The van der Waals surface area contributed by atoms with Gasteiger partial charge in [0.25, 0.3) is 0 Å². The fourth-order valence-electron chi connectivity index (χ4n) is 2.05. The first kappa shape index (κ1) is 18.1. The topological polar surface area (TPSA) is 73.1 Å². The van der Waals surface area contributed by atoms with Gasteiger partial charge in [0.1, 0.15) is 18.5 Å². The van der Waals surface area contributed by atoms with E-state index in [1.54, 1.807) is 18.2 Å². The molecule has 0 spiro atoms. The third-order valence-corrected chi connectivity index (χ3v) is 4.33. The Morgan fingerprint density at radius 1 is 1.16 bits per heavy atom. The zero-order chi connectivity index (χ0) is 17.8. The lowest BCUT2D eigenvalue weighted by Gasteiger charge is -2.12. The lowest BCUT2D eigenvalue weighted by Crippen LogP contribution is -2.25. The van der Waals surface area contributed by atoms with Crippen molar-refractivity contribution < 1.29 is 9.84 Å². The fourth-order valence-corrected chi connectivity index (χ4v) is 2.65. The number of tetrazole rings is 1. The molecule has 25 heavy (non-hydrogen) atoms. The van der Waals surface area contributed by atoms with Crippen LogP contribution in [0.2, 0.25) is 10.0 Å². The Balaban J connectivity index is 1.59. The summed E-state index contributed by atoms with van der Waals surface area (Å²) in [5.74, 6) is 0.897. The van der Waals surface area contributed by atoms with E-state index in [1.807, 2.05) is 24.3 Å². The van der Waals surface area contributed by atoms with Gasteiger partial charge in [0, 0.05) is 21.1 Å². The first-order chi connectivity index (χ1) is 12.0. The molecule has 0 aliphatic heterocycles. The van der Waals surface area contributed by atoms with Crippen LogP contribution in [0, 0.1) is 0 Å². The Morgan fingerprint density at radius 3 is 2.68 bits per heavy atom. The zero-order valence-electron chi connectivity index (χ0n) is 12.8. The highest BCUT2D eigenvalue weighted by molar-refractivity contribution is 9.10. The Labute approximate surface area is 162 Å². The quantitative estimate of drug-likeness (QED) is 0.626. The third kappa shape index (κ3) is 4.92. The summed E-state index contributed by atoms with van der Waals surface area (Å²) in [5.41, 5.74) is 0.839. The Bertz CT molecular complexity index is 858. The van der Waals surface area contributed by atoms with Crippen molar-refractivity contribution in [2.24, 2.45) is 0 Å². The summed E-state index contributed by atoms with van der Waals surface area (Å²) in [6.07, 6.45) is -0.831. The molecule has 1 aromatic heterocycles. The molecule has 0 aliphatic carbocycles. The van der Waals surface area contributed by atoms with Crippen LogP contribution in [0.25, 0.3) is 11.4 Å². The van der Waals surface area contributed by atoms with Gasteiger partial charge in [0.05, 0.1) is 11.6 Å². The van der Waals surface area contributed by atoms with E-state index in [-0.39, 0.29) is 13.2 Å². The second kappa shape index (κ2) is 8.14. The minimum absolute atomic E-state index is 0.0230. The van der Waals surface area contributed by atoms with Gasteiger partial charge in [0.15, 0.2) is 0 Å². The van der Waals surface area contributed by atoms with Gasteiger partial charge in [-0.25, -0.2) is 0 Å². The summed E-state index contributed by atoms with van der Waals surface area (Å²) < 4.78 is 6.46. The number of aromatic nitrogens is 4. The monoisotopic (exact) mass is 442 g/mol. The van der Waals surface area contributed by atoms with E-state index >= 15 is 0 Å². The Kier molecular flexibility index (Phi) is 5.90. The van der Waals surface area contributed by atoms with Crippen LogP contribution in [0.1, 0.15) is 0 Å². The highest BCUT2D eigenvalue weighted by Crippen LogP contribution is 2.27. The maximum Gasteiger partial charge on any atom is 0.204 e. The number of aliphatic hydroxyl groups excluding tert-OH is 1.